The summed E-state index contributed by atoms with van der Waals surface area (Å²) in [4.78, 5) is 0. The third-order valence-electron chi connectivity index (χ3n) is 1.06. The Balaban J connectivity index is 0. The molecule has 0 bridgehead atoms. The topological polar surface area (TPSA) is 0 Å². The quantitative estimate of drug-likeness (QED) is 0.406. The first-order chi connectivity index (χ1) is 3.41. The van der Waals surface area contributed by atoms with E-state index in [9.17, 15) is 0 Å². The van der Waals surface area contributed by atoms with Crippen LogP contribution in [0.15, 0.2) is 0 Å². The molecule has 0 N–H and O–H groups in total. The molecule has 52 valence electrons. The van der Waals surface area contributed by atoms with E-state index in [0.717, 1.165) is 0 Å². The van der Waals surface area contributed by atoms with Gasteiger partial charge in [-0.1, -0.05) is 26.2 Å². The first kappa shape index (κ1) is 11.9. The van der Waals surface area contributed by atoms with Crippen molar-refractivity contribution < 1.29 is 0 Å². The molecule has 0 fully saturated rings. The minimum atomic E-state index is 0. The van der Waals surface area contributed by atoms with Crippen molar-refractivity contribution in [2.24, 2.45) is 0 Å². The summed E-state index contributed by atoms with van der Waals surface area (Å²) in [5.74, 6) is 0. The Morgan fingerprint density at radius 1 is 1.12 bits per heavy atom. The van der Waals surface area contributed by atoms with E-state index in [1.807, 2.05) is 0 Å². The summed E-state index contributed by atoms with van der Waals surface area (Å²) in [7, 11) is 2.75. The van der Waals surface area contributed by atoms with Gasteiger partial charge in [0.15, 0.2) is 0 Å². The van der Waals surface area contributed by atoms with Crippen LogP contribution in [0.5, 0.6) is 0 Å². The average Bonchev–Trinajstić information content (AvgIpc) is 1.69. The molecular formula is C6H16IP. The van der Waals surface area contributed by atoms with Gasteiger partial charge in [-0.3, -0.25) is 0 Å². The van der Waals surface area contributed by atoms with Crippen molar-refractivity contribution in [2.45, 2.75) is 32.6 Å². The highest BCUT2D eigenvalue weighted by atomic mass is 127. The molecule has 0 aromatic rings. The fourth-order valence-corrected chi connectivity index (χ4v) is 0.860. The fraction of sp³-hybridized carbons (Fsp3) is 1.00. The van der Waals surface area contributed by atoms with Crippen molar-refractivity contribution in [3.05, 3.63) is 0 Å². The second-order valence-electron chi connectivity index (χ2n) is 1.85. The van der Waals surface area contributed by atoms with E-state index in [-0.39, 0.29) is 24.0 Å². The lowest BCUT2D eigenvalue weighted by atomic mass is 10.2. The molecule has 0 radical (unpaired) electrons. The van der Waals surface area contributed by atoms with Gasteiger partial charge in [-0.15, -0.1) is 33.2 Å². The molecule has 0 aromatic heterocycles. The van der Waals surface area contributed by atoms with Crippen LogP contribution in [-0.2, 0) is 0 Å². The van der Waals surface area contributed by atoms with Crippen LogP contribution in [0.25, 0.3) is 0 Å². The number of rotatable bonds is 4. The Morgan fingerprint density at radius 2 is 1.75 bits per heavy atom. The lowest BCUT2D eigenvalue weighted by Crippen LogP contribution is -1.73. The van der Waals surface area contributed by atoms with Gasteiger partial charge < -0.3 is 0 Å². The van der Waals surface area contributed by atoms with E-state index in [1.165, 1.54) is 31.8 Å². The third kappa shape index (κ3) is 10.2. The molecule has 0 saturated heterocycles. The lowest BCUT2D eigenvalue weighted by molar-refractivity contribution is 0.706. The van der Waals surface area contributed by atoms with Crippen LogP contribution in [0.4, 0.5) is 0 Å². The predicted octanol–water partition coefficient (Wildman–Crippen LogP) is 3.06. The Bertz CT molecular complexity index is 27.7. The number of hydrogen-bond acceptors (Lipinski definition) is 0. The van der Waals surface area contributed by atoms with Crippen molar-refractivity contribution in [2.75, 3.05) is 6.16 Å². The molecule has 0 amide bonds. The van der Waals surface area contributed by atoms with E-state index in [4.69, 9.17) is 0 Å². The molecule has 1 atom stereocenters. The first-order valence-electron chi connectivity index (χ1n) is 3.12. The zero-order valence-electron chi connectivity index (χ0n) is 5.52. The van der Waals surface area contributed by atoms with Crippen molar-refractivity contribution in [1.29, 1.82) is 0 Å². The Hall–Kier alpha value is 1.16. The van der Waals surface area contributed by atoms with Crippen LogP contribution in [0.1, 0.15) is 32.6 Å². The smallest absolute Gasteiger partial charge is 0.0381 e. The summed E-state index contributed by atoms with van der Waals surface area (Å²) >= 11 is 0. The molecule has 0 aliphatic carbocycles. The predicted molar refractivity (Wildman–Crippen MR) is 54.1 cm³/mol. The molecule has 0 spiro atoms. The van der Waals surface area contributed by atoms with Crippen LogP contribution in [0.3, 0.4) is 0 Å². The van der Waals surface area contributed by atoms with Crippen molar-refractivity contribution in [3.63, 3.8) is 0 Å². The normalized spacial score (nSPS) is 8.25. The summed E-state index contributed by atoms with van der Waals surface area (Å²) in [6.45, 7) is 2.24. The summed E-state index contributed by atoms with van der Waals surface area (Å²) in [6.07, 6.45) is 6.84. The molecule has 1 unspecified atom stereocenters. The van der Waals surface area contributed by atoms with Crippen LogP contribution < -0.4 is 0 Å². The van der Waals surface area contributed by atoms with Gasteiger partial charge in [0.05, 0.1) is 0 Å². The number of unbranched alkanes of at least 4 members (excludes halogenated alkanes) is 3. The molecule has 0 rings (SSSR count). The molecule has 2 heteroatoms. The van der Waals surface area contributed by atoms with E-state index >= 15 is 0 Å². The zero-order chi connectivity index (χ0) is 5.54. The zero-order valence-corrected chi connectivity index (χ0v) is 9.01. The van der Waals surface area contributed by atoms with Crippen LogP contribution in [0, 0.1) is 0 Å². The van der Waals surface area contributed by atoms with Gasteiger partial charge in [-0.05, 0) is 12.6 Å². The summed E-state index contributed by atoms with van der Waals surface area (Å²) in [5, 5.41) is 0. The standard InChI is InChI=1S/C6H15P.HI/c1-2-3-4-5-6-7;/h2-7H2,1H3;1H. The van der Waals surface area contributed by atoms with Crippen LogP contribution in [-0.4, -0.2) is 6.16 Å². The highest BCUT2D eigenvalue weighted by Gasteiger charge is 1.80. The average molecular weight is 246 g/mol. The van der Waals surface area contributed by atoms with Gasteiger partial charge in [0.1, 0.15) is 0 Å². The number of hydrogen-bond donors (Lipinski definition) is 0. The first-order valence-corrected chi connectivity index (χ1v) is 3.93. The summed E-state index contributed by atoms with van der Waals surface area (Å²) in [5.41, 5.74) is 0. The molecule has 0 heterocycles. The fourth-order valence-electron chi connectivity index (χ4n) is 0.571. The van der Waals surface area contributed by atoms with Crippen molar-refractivity contribution >= 4 is 33.2 Å². The second kappa shape index (κ2) is 11.0. The maximum absolute atomic E-state index is 2.75. The molecule has 0 aromatic carbocycles. The Labute approximate surface area is 72.0 Å². The maximum Gasteiger partial charge on any atom is -0.0381 e. The highest BCUT2D eigenvalue weighted by molar-refractivity contribution is 14.0. The summed E-state index contributed by atoms with van der Waals surface area (Å²) in [6, 6.07) is 0. The molecule has 8 heavy (non-hydrogen) atoms. The molecule has 0 nitrogen and oxygen atoms in total. The van der Waals surface area contributed by atoms with E-state index < -0.39 is 0 Å². The highest BCUT2D eigenvalue weighted by Crippen LogP contribution is 2.00. The van der Waals surface area contributed by atoms with Crippen LogP contribution >= 0.6 is 33.2 Å². The van der Waals surface area contributed by atoms with Crippen molar-refractivity contribution in [3.8, 4) is 0 Å². The van der Waals surface area contributed by atoms with E-state index in [0.29, 0.717) is 0 Å². The number of halogens is 1. The van der Waals surface area contributed by atoms with Gasteiger partial charge >= 0.3 is 0 Å². The second-order valence-corrected chi connectivity index (χ2v) is 2.43. The monoisotopic (exact) mass is 246 g/mol. The van der Waals surface area contributed by atoms with E-state index in [2.05, 4.69) is 16.2 Å². The minimum absolute atomic E-state index is 0. The van der Waals surface area contributed by atoms with Gasteiger partial charge in [0.25, 0.3) is 0 Å². The van der Waals surface area contributed by atoms with Crippen LogP contribution in [0.2, 0.25) is 0 Å². The van der Waals surface area contributed by atoms with Gasteiger partial charge in [-0.25, -0.2) is 0 Å². The lowest BCUT2D eigenvalue weighted by Gasteiger charge is -1.90. The molecule has 0 aliphatic rings. The maximum atomic E-state index is 2.75. The largest absolute Gasteiger partial charge is 0.138 e. The Morgan fingerprint density at radius 3 is 2.12 bits per heavy atom. The SMILES string of the molecule is CCCCCCP.I. The van der Waals surface area contributed by atoms with Crippen molar-refractivity contribution in [1.82, 2.24) is 0 Å². The van der Waals surface area contributed by atoms with Gasteiger partial charge in [-0.2, -0.15) is 0 Å². The van der Waals surface area contributed by atoms with Gasteiger partial charge in [0, 0.05) is 0 Å². The molecular weight excluding hydrogens is 230 g/mol. The summed E-state index contributed by atoms with van der Waals surface area (Å²) < 4.78 is 0. The third-order valence-corrected chi connectivity index (χ3v) is 1.47. The molecule has 0 aliphatic heterocycles. The van der Waals surface area contributed by atoms with E-state index in [1.54, 1.807) is 0 Å². The Kier molecular flexibility index (Phi) is 16.4. The van der Waals surface area contributed by atoms with Gasteiger partial charge in [0.2, 0.25) is 0 Å². The minimum Gasteiger partial charge on any atom is -0.138 e. The molecule has 0 saturated carbocycles.